The monoisotopic (exact) mass is 131 g/mol. The number of hydrogen-bond acceptors (Lipinski definition) is 3. The second kappa shape index (κ2) is 6.07. The summed E-state index contributed by atoms with van der Waals surface area (Å²) >= 11 is 0. The quantitative estimate of drug-likeness (QED) is 0.355. The maximum atomic E-state index is 8.30. The van der Waals surface area contributed by atoms with E-state index in [1.165, 1.54) is 0 Å². The lowest BCUT2D eigenvalue weighted by molar-refractivity contribution is 0.384. The Labute approximate surface area is 56.3 Å². The van der Waals surface area contributed by atoms with Crippen LogP contribution in [0.2, 0.25) is 0 Å². The minimum Gasteiger partial charge on any atom is -0.413 e. The number of hydrogen-bond donors (Lipinski definition) is 3. The van der Waals surface area contributed by atoms with E-state index >= 15 is 0 Å². The molecule has 0 aliphatic carbocycles. The zero-order chi connectivity index (χ0) is 7.11. The van der Waals surface area contributed by atoms with Crippen LogP contribution < -0.4 is 5.23 Å². The molecule has 0 bridgehead atoms. The molecule has 0 radical (unpaired) electrons. The number of rotatable bonds is 5. The molecule has 3 nitrogen and oxygen atoms in total. The van der Waals surface area contributed by atoms with E-state index in [1.54, 1.807) is 0 Å². The van der Waals surface area contributed by atoms with Crippen LogP contribution in [-0.2, 0) is 0 Å². The van der Waals surface area contributed by atoms with E-state index in [0.717, 1.165) is 19.3 Å². The molecular weight excluding hydrogens is 117 g/mol. The fourth-order valence-electron chi connectivity index (χ4n) is 0.606. The fraction of sp³-hybridized carbons (Fsp3) is 1.00. The first-order valence-electron chi connectivity index (χ1n) is 3.37. The van der Waals surface area contributed by atoms with Gasteiger partial charge in [-0.2, -0.15) is 0 Å². The average molecular weight is 131 g/mol. The minimum absolute atomic E-state index is 0.686. The van der Waals surface area contributed by atoms with E-state index in [2.05, 4.69) is 12.2 Å². The third kappa shape index (κ3) is 7.94. The van der Waals surface area contributed by atoms with Crippen LogP contribution in [0.4, 0.5) is 0 Å². The van der Waals surface area contributed by atoms with Crippen LogP contribution in [0.5, 0.6) is 0 Å². The van der Waals surface area contributed by atoms with Gasteiger partial charge in [0.05, 0.1) is 0 Å². The van der Waals surface area contributed by atoms with Crippen LogP contribution in [0.3, 0.4) is 0 Å². The Balaban J connectivity index is 2.75. The lowest BCUT2D eigenvalue weighted by Crippen LogP contribution is -2.34. The van der Waals surface area contributed by atoms with Crippen molar-refractivity contribution < 1.29 is 10.0 Å². The van der Waals surface area contributed by atoms with Gasteiger partial charge in [-0.1, -0.05) is 19.8 Å². The molecule has 0 unspecified atom stereocenters. The van der Waals surface area contributed by atoms with Gasteiger partial charge in [-0.15, -0.1) is 0 Å². The predicted octanol–water partition coefficient (Wildman–Crippen LogP) is -0.264. The SMILES string of the molecule is CCCCCNB(O)O. The summed E-state index contributed by atoms with van der Waals surface area (Å²) in [6.45, 7) is 2.79. The van der Waals surface area contributed by atoms with E-state index in [1.807, 2.05) is 0 Å². The molecule has 0 aromatic rings. The van der Waals surface area contributed by atoms with Gasteiger partial charge in [0.15, 0.2) is 0 Å². The summed E-state index contributed by atoms with van der Waals surface area (Å²) in [5.41, 5.74) is 0. The van der Waals surface area contributed by atoms with Gasteiger partial charge in [0.2, 0.25) is 0 Å². The molecule has 3 N–H and O–H groups in total. The summed E-state index contributed by atoms with van der Waals surface area (Å²) in [5, 5.41) is 19.1. The smallest absolute Gasteiger partial charge is 0.413 e. The Morgan fingerprint density at radius 3 is 2.44 bits per heavy atom. The summed E-state index contributed by atoms with van der Waals surface area (Å²) in [5.74, 6) is 0. The molecule has 0 rings (SSSR count). The van der Waals surface area contributed by atoms with Crippen molar-refractivity contribution in [2.24, 2.45) is 0 Å². The van der Waals surface area contributed by atoms with Gasteiger partial charge in [0, 0.05) is 0 Å². The molecule has 0 aromatic heterocycles. The molecule has 0 heterocycles. The van der Waals surface area contributed by atoms with Crippen molar-refractivity contribution in [1.82, 2.24) is 5.23 Å². The largest absolute Gasteiger partial charge is 0.549 e. The third-order valence-electron chi connectivity index (χ3n) is 1.11. The molecule has 0 amide bonds. The molecular formula is C5H14BNO2. The molecule has 0 aliphatic rings. The van der Waals surface area contributed by atoms with Crippen molar-refractivity contribution in [2.75, 3.05) is 6.54 Å². The summed E-state index contributed by atoms with van der Waals surface area (Å²) in [6, 6.07) is 0. The zero-order valence-corrected chi connectivity index (χ0v) is 5.80. The van der Waals surface area contributed by atoms with Crippen molar-refractivity contribution in [2.45, 2.75) is 26.2 Å². The van der Waals surface area contributed by atoms with Crippen LogP contribution in [0, 0.1) is 0 Å². The highest BCUT2D eigenvalue weighted by atomic mass is 16.4. The Kier molecular flexibility index (Phi) is 6.03. The normalized spacial score (nSPS) is 9.67. The number of nitrogens with one attached hydrogen (secondary N) is 1. The average Bonchev–Trinajstić information content (AvgIpc) is 1.80. The van der Waals surface area contributed by atoms with E-state index in [0.29, 0.717) is 6.54 Å². The van der Waals surface area contributed by atoms with Crippen molar-refractivity contribution in [3.05, 3.63) is 0 Å². The minimum atomic E-state index is -1.35. The summed E-state index contributed by atoms with van der Waals surface area (Å²) in [4.78, 5) is 0. The standard InChI is InChI=1S/C5H14BNO2/c1-2-3-4-5-7-6(8)9/h7-9H,2-5H2,1H3. The topological polar surface area (TPSA) is 52.5 Å². The van der Waals surface area contributed by atoms with Crippen LogP contribution in [0.25, 0.3) is 0 Å². The van der Waals surface area contributed by atoms with Crippen molar-refractivity contribution >= 4 is 7.25 Å². The molecule has 9 heavy (non-hydrogen) atoms. The highest BCUT2D eigenvalue weighted by Crippen LogP contribution is 1.90. The molecule has 4 heteroatoms. The van der Waals surface area contributed by atoms with Crippen LogP contribution >= 0.6 is 0 Å². The van der Waals surface area contributed by atoms with E-state index in [-0.39, 0.29) is 0 Å². The zero-order valence-electron chi connectivity index (χ0n) is 5.80. The molecule has 0 atom stereocenters. The van der Waals surface area contributed by atoms with Gasteiger partial charge in [0.1, 0.15) is 0 Å². The summed E-state index contributed by atoms with van der Waals surface area (Å²) in [6.07, 6.45) is 3.30. The van der Waals surface area contributed by atoms with Crippen molar-refractivity contribution in [3.63, 3.8) is 0 Å². The molecule has 0 aliphatic heterocycles. The Hall–Kier alpha value is -0.0551. The first-order chi connectivity index (χ1) is 4.27. The Morgan fingerprint density at radius 2 is 2.00 bits per heavy atom. The van der Waals surface area contributed by atoms with E-state index < -0.39 is 7.25 Å². The molecule has 0 spiro atoms. The molecule has 0 saturated heterocycles. The van der Waals surface area contributed by atoms with E-state index in [4.69, 9.17) is 10.0 Å². The molecule has 54 valence electrons. The predicted molar refractivity (Wildman–Crippen MR) is 37.7 cm³/mol. The molecule has 0 fully saturated rings. The third-order valence-corrected chi connectivity index (χ3v) is 1.11. The maximum absolute atomic E-state index is 8.30. The second-order valence-corrected chi connectivity index (χ2v) is 2.03. The number of unbranched alkanes of at least 4 members (excludes halogenated alkanes) is 2. The van der Waals surface area contributed by atoms with E-state index in [9.17, 15) is 0 Å². The Bertz CT molecular complexity index is 60.9. The molecule has 0 saturated carbocycles. The van der Waals surface area contributed by atoms with Gasteiger partial charge in [-0.3, -0.25) is 0 Å². The first kappa shape index (κ1) is 8.94. The maximum Gasteiger partial charge on any atom is 0.549 e. The van der Waals surface area contributed by atoms with Crippen LogP contribution in [0.15, 0.2) is 0 Å². The second-order valence-electron chi connectivity index (χ2n) is 2.03. The van der Waals surface area contributed by atoms with Crippen LogP contribution in [0.1, 0.15) is 26.2 Å². The van der Waals surface area contributed by atoms with Gasteiger partial charge < -0.3 is 15.3 Å². The van der Waals surface area contributed by atoms with Crippen molar-refractivity contribution in [3.8, 4) is 0 Å². The van der Waals surface area contributed by atoms with Gasteiger partial charge >= 0.3 is 7.25 Å². The Morgan fingerprint density at radius 1 is 1.33 bits per heavy atom. The highest BCUT2D eigenvalue weighted by Gasteiger charge is 2.02. The molecule has 0 aromatic carbocycles. The summed E-state index contributed by atoms with van der Waals surface area (Å²) in [7, 11) is -1.35. The van der Waals surface area contributed by atoms with Gasteiger partial charge in [-0.25, -0.2) is 0 Å². The van der Waals surface area contributed by atoms with Crippen LogP contribution in [-0.4, -0.2) is 23.8 Å². The fourth-order valence-corrected chi connectivity index (χ4v) is 0.606. The lowest BCUT2D eigenvalue weighted by atomic mass is 10.1. The highest BCUT2D eigenvalue weighted by molar-refractivity contribution is 6.37. The lowest BCUT2D eigenvalue weighted by Gasteiger charge is -1.99. The van der Waals surface area contributed by atoms with Crippen molar-refractivity contribution in [1.29, 1.82) is 0 Å². The van der Waals surface area contributed by atoms with Gasteiger partial charge in [-0.05, 0) is 13.0 Å². The summed E-state index contributed by atoms with van der Waals surface area (Å²) < 4.78 is 0. The van der Waals surface area contributed by atoms with Gasteiger partial charge in [0.25, 0.3) is 0 Å². The first-order valence-corrected chi connectivity index (χ1v) is 3.37.